The smallest absolute Gasteiger partial charge is 0.0742 e. The molecule has 0 fully saturated rings. The normalized spacial score (nSPS) is 17.4. The minimum absolute atomic E-state index is 0.378. The molecule has 0 unspecified atom stereocenters. The van der Waals surface area contributed by atoms with Crippen molar-refractivity contribution in [3.05, 3.63) is 12.7 Å². The Balaban J connectivity index is 3.23. The molecule has 0 aromatic carbocycles. The molecule has 8 heavy (non-hydrogen) atoms. The topological polar surface area (TPSA) is 40.5 Å². The van der Waals surface area contributed by atoms with Gasteiger partial charge < -0.3 is 10.2 Å². The van der Waals surface area contributed by atoms with Crippen LogP contribution in [0, 0.1) is 0 Å². The van der Waals surface area contributed by atoms with Crippen molar-refractivity contribution in [3.63, 3.8) is 0 Å². The fourth-order valence-electron chi connectivity index (χ4n) is 0.446. The number of hydrogen-bond acceptors (Lipinski definition) is 2. The predicted octanol–water partition coefficient (Wildman–Crippen LogP) is 0.304. The molecule has 0 amide bonds. The highest BCUT2D eigenvalue weighted by molar-refractivity contribution is 4.78. The van der Waals surface area contributed by atoms with Gasteiger partial charge in [0.1, 0.15) is 0 Å². The lowest BCUT2D eigenvalue weighted by atomic mass is 10.2. The molecule has 0 aliphatic rings. The van der Waals surface area contributed by atoms with Crippen LogP contribution in [-0.4, -0.2) is 22.4 Å². The van der Waals surface area contributed by atoms with Crippen LogP contribution in [0.5, 0.6) is 0 Å². The van der Waals surface area contributed by atoms with Crippen molar-refractivity contribution in [2.45, 2.75) is 25.6 Å². The van der Waals surface area contributed by atoms with Gasteiger partial charge in [0, 0.05) is 6.42 Å². The summed E-state index contributed by atoms with van der Waals surface area (Å²) in [7, 11) is 0. The maximum Gasteiger partial charge on any atom is 0.0742 e. The fourth-order valence-corrected chi connectivity index (χ4v) is 0.446. The third-order valence-corrected chi connectivity index (χ3v) is 0.855. The number of hydrogen-bond donors (Lipinski definition) is 2. The van der Waals surface area contributed by atoms with Crippen LogP contribution in [0.15, 0.2) is 12.7 Å². The average Bonchev–Trinajstić information content (AvgIpc) is 1.65. The monoisotopic (exact) mass is 116 g/mol. The SMILES string of the molecule is C=C[C@@H](O)C[C@@H](C)O. The maximum absolute atomic E-state index is 8.75. The molecule has 0 saturated carbocycles. The van der Waals surface area contributed by atoms with E-state index >= 15 is 0 Å². The van der Waals surface area contributed by atoms with E-state index in [0.717, 1.165) is 0 Å². The molecule has 0 heterocycles. The van der Waals surface area contributed by atoms with Crippen molar-refractivity contribution < 1.29 is 10.2 Å². The van der Waals surface area contributed by atoms with Gasteiger partial charge in [-0.1, -0.05) is 6.08 Å². The van der Waals surface area contributed by atoms with Gasteiger partial charge in [0.05, 0.1) is 12.2 Å². The van der Waals surface area contributed by atoms with Crippen LogP contribution < -0.4 is 0 Å². The Hall–Kier alpha value is -0.340. The summed E-state index contributed by atoms with van der Waals surface area (Å²) in [5, 5.41) is 17.4. The molecular weight excluding hydrogens is 104 g/mol. The fraction of sp³-hybridized carbons (Fsp3) is 0.667. The van der Waals surface area contributed by atoms with E-state index in [-0.39, 0.29) is 0 Å². The van der Waals surface area contributed by atoms with Crippen LogP contribution >= 0.6 is 0 Å². The Labute approximate surface area is 49.5 Å². The number of aliphatic hydroxyl groups excluding tert-OH is 2. The Morgan fingerprint density at radius 3 is 2.25 bits per heavy atom. The predicted molar refractivity (Wildman–Crippen MR) is 32.5 cm³/mol. The van der Waals surface area contributed by atoms with Crippen LogP contribution in [0.4, 0.5) is 0 Å². The number of aliphatic hydroxyl groups is 2. The second-order valence-corrected chi connectivity index (χ2v) is 1.89. The molecule has 2 atom stereocenters. The summed E-state index contributed by atoms with van der Waals surface area (Å²) in [6.07, 6.45) is 0.786. The van der Waals surface area contributed by atoms with Gasteiger partial charge in [-0.15, -0.1) is 6.58 Å². The van der Waals surface area contributed by atoms with Gasteiger partial charge >= 0.3 is 0 Å². The third-order valence-electron chi connectivity index (χ3n) is 0.855. The van der Waals surface area contributed by atoms with Crippen LogP contribution in [-0.2, 0) is 0 Å². The first-order valence-corrected chi connectivity index (χ1v) is 2.65. The standard InChI is InChI=1S/C6H12O2/c1-3-6(8)4-5(2)7/h3,5-8H,1,4H2,2H3/t5-,6-/m1/s1. The highest BCUT2D eigenvalue weighted by Gasteiger charge is 2.01. The summed E-state index contributed by atoms with van der Waals surface area (Å²) < 4.78 is 0. The first-order chi connectivity index (χ1) is 3.66. The summed E-state index contributed by atoms with van der Waals surface area (Å²) >= 11 is 0. The van der Waals surface area contributed by atoms with E-state index in [4.69, 9.17) is 10.2 Å². The highest BCUT2D eigenvalue weighted by atomic mass is 16.3. The average molecular weight is 116 g/mol. The lowest BCUT2D eigenvalue weighted by Gasteiger charge is -2.05. The van der Waals surface area contributed by atoms with Gasteiger partial charge in [-0.25, -0.2) is 0 Å². The van der Waals surface area contributed by atoms with Gasteiger partial charge in [0.2, 0.25) is 0 Å². The molecule has 48 valence electrons. The van der Waals surface area contributed by atoms with E-state index in [1.807, 2.05) is 0 Å². The van der Waals surface area contributed by atoms with Gasteiger partial charge in [0.15, 0.2) is 0 Å². The van der Waals surface area contributed by atoms with E-state index < -0.39 is 12.2 Å². The number of rotatable bonds is 3. The van der Waals surface area contributed by atoms with Crippen LogP contribution in [0.1, 0.15) is 13.3 Å². The molecule has 0 spiro atoms. The summed E-state index contributed by atoms with van der Waals surface area (Å²) in [5.74, 6) is 0. The second-order valence-electron chi connectivity index (χ2n) is 1.89. The summed E-state index contributed by atoms with van der Waals surface area (Å²) in [6.45, 7) is 4.98. The van der Waals surface area contributed by atoms with E-state index in [9.17, 15) is 0 Å². The van der Waals surface area contributed by atoms with Crippen molar-refractivity contribution in [3.8, 4) is 0 Å². The zero-order valence-corrected chi connectivity index (χ0v) is 5.04. The van der Waals surface area contributed by atoms with Gasteiger partial charge in [-0.2, -0.15) is 0 Å². The largest absolute Gasteiger partial charge is 0.393 e. The van der Waals surface area contributed by atoms with Crippen molar-refractivity contribution in [1.82, 2.24) is 0 Å². The van der Waals surface area contributed by atoms with Crippen molar-refractivity contribution in [2.24, 2.45) is 0 Å². The first kappa shape index (κ1) is 7.66. The van der Waals surface area contributed by atoms with Crippen molar-refractivity contribution in [2.75, 3.05) is 0 Å². The molecule has 0 aliphatic heterocycles. The Morgan fingerprint density at radius 1 is 1.62 bits per heavy atom. The second kappa shape index (κ2) is 3.64. The lowest BCUT2D eigenvalue weighted by Crippen LogP contribution is -2.11. The molecule has 0 radical (unpaired) electrons. The van der Waals surface area contributed by atoms with Crippen LogP contribution in [0.3, 0.4) is 0 Å². The first-order valence-electron chi connectivity index (χ1n) is 2.65. The lowest BCUT2D eigenvalue weighted by molar-refractivity contribution is 0.117. The minimum atomic E-state index is -0.560. The summed E-state index contributed by atoms with van der Waals surface area (Å²) in [6, 6.07) is 0. The van der Waals surface area contributed by atoms with E-state index in [0.29, 0.717) is 6.42 Å². The molecule has 2 N–H and O–H groups in total. The molecule has 0 saturated heterocycles. The third kappa shape index (κ3) is 3.84. The Kier molecular flexibility index (Phi) is 3.48. The van der Waals surface area contributed by atoms with E-state index in [1.54, 1.807) is 6.92 Å². The summed E-state index contributed by atoms with van der Waals surface area (Å²) in [4.78, 5) is 0. The molecular formula is C6H12O2. The van der Waals surface area contributed by atoms with Gasteiger partial charge in [-0.3, -0.25) is 0 Å². The van der Waals surface area contributed by atoms with Crippen LogP contribution in [0.25, 0.3) is 0 Å². The van der Waals surface area contributed by atoms with Gasteiger partial charge in [0.25, 0.3) is 0 Å². The summed E-state index contributed by atoms with van der Waals surface area (Å²) in [5.41, 5.74) is 0. The quantitative estimate of drug-likeness (QED) is 0.521. The van der Waals surface area contributed by atoms with E-state index in [1.165, 1.54) is 6.08 Å². The highest BCUT2D eigenvalue weighted by Crippen LogP contribution is 1.96. The zero-order valence-electron chi connectivity index (χ0n) is 5.04. The molecule has 2 heteroatoms. The van der Waals surface area contributed by atoms with Crippen molar-refractivity contribution >= 4 is 0 Å². The molecule has 0 aromatic heterocycles. The zero-order chi connectivity index (χ0) is 6.57. The van der Waals surface area contributed by atoms with E-state index in [2.05, 4.69) is 6.58 Å². The molecule has 0 rings (SSSR count). The van der Waals surface area contributed by atoms with Crippen molar-refractivity contribution in [1.29, 1.82) is 0 Å². The molecule has 0 bridgehead atoms. The maximum atomic E-state index is 8.75. The minimum Gasteiger partial charge on any atom is -0.393 e. The molecule has 0 aliphatic carbocycles. The van der Waals surface area contributed by atoms with Gasteiger partial charge in [-0.05, 0) is 6.92 Å². The Morgan fingerprint density at radius 2 is 2.12 bits per heavy atom. The van der Waals surface area contributed by atoms with Crippen LogP contribution in [0.2, 0.25) is 0 Å². The molecule has 2 nitrogen and oxygen atoms in total. The Bertz CT molecular complexity index is 68.9. The molecule has 0 aromatic rings.